The van der Waals surface area contributed by atoms with Crippen molar-refractivity contribution >= 4 is 41.9 Å². The van der Waals surface area contributed by atoms with Crippen LogP contribution in [0.4, 0.5) is 0 Å². The van der Waals surface area contributed by atoms with Crippen molar-refractivity contribution in [2.45, 2.75) is 4.90 Å². The maximum atomic E-state index is 12.4. The summed E-state index contributed by atoms with van der Waals surface area (Å²) in [5.41, 5.74) is 0. The highest BCUT2D eigenvalue weighted by Crippen LogP contribution is 2.28. The first-order chi connectivity index (χ1) is 8.01. The molecular formula is C10H12Br2N2O2S. The second kappa shape index (κ2) is 5.36. The molecule has 4 nitrogen and oxygen atoms in total. The van der Waals surface area contributed by atoms with E-state index in [0.717, 1.165) is 4.47 Å². The Morgan fingerprint density at radius 1 is 1.18 bits per heavy atom. The van der Waals surface area contributed by atoms with Gasteiger partial charge in [-0.2, -0.15) is 4.31 Å². The van der Waals surface area contributed by atoms with Gasteiger partial charge < -0.3 is 5.32 Å². The van der Waals surface area contributed by atoms with E-state index in [1.807, 2.05) is 0 Å². The standard InChI is InChI=1S/C10H12Br2N2O2S/c11-8-1-2-10(9(12)7-8)17(15,16)14-5-3-13-4-6-14/h1-2,7,13H,3-6H2. The lowest BCUT2D eigenvalue weighted by atomic mass is 10.4. The molecule has 0 aliphatic carbocycles. The van der Waals surface area contributed by atoms with Crippen LogP contribution in [0.2, 0.25) is 0 Å². The topological polar surface area (TPSA) is 49.4 Å². The van der Waals surface area contributed by atoms with Crippen molar-refractivity contribution in [2.75, 3.05) is 26.2 Å². The Morgan fingerprint density at radius 2 is 1.82 bits per heavy atom. The highest BCUT2D eigenvalue weighted by molar-refractivity contribution is 9.11. The van der Waals surface area contributed by atoms with Crippen LogP contribution in [0.5, 0.6) is 0 Å². The van der Waals surface area contributed by atoms with E-state index in [9.17, 15) is 8.42 Å². The van der Waals surface area contributed by atoms with Crippen LogP contribution in [0.15, 0.2) is 32.0 Å². The number of nitrogens with zero attached hydrogens (tertiary/aromatic N) is 1. The molecule has 0 spiro atoms. The lowest BCUT2D eigenvalue weighted by Crippen LogP contribution is -2.46. The number of hydrogen-bond acceptors (Lipinski definition) is 3. The molecule has 0 unspecified atom stereocenters. The fraction of sp³-hybridized carbons (Fsp3) is 0.400. The SMILES string of the molecule is O=S(=O)(c1ccc(Br)cc1Br)N1CCNCC1. The van der Waals surface area contributed by atoms with E-state index in [-0.39, 0.29) is 0 Å². The van der Waals surface area contributed by atoms with Gasteiger partial charge in [-0.05, 0) is 34.1 Å². The van der Waals surface area contributed by atoms with Gasteiger partial charge in [0, 0.05) is 35.1 Å². The number of sulfonamides is 1. The predicted molar refractivity (Wildman–Crippen MR) is 73.5 cm³/mol. The van der Waals surface area contributed by atoms with Gasteiger partial charge >= 0.3 is 0 Å². The van der Waals surface area contributed by atoms with Crippen molar-refractivity contribution < 1.29 is 8.42 Å². The van der Waals surface area contributed by atoms with Crippen LogP contribution in [0.25, 0.3) is 0 Å². The van der Waals surface area contributed by atoms with Crippen molar-refractivity contribution in [1.82, 2.24) is 9.62 Å². The summed E-state index contributed by atoms with van der Waals surface area (Å²) in [6.07, 6.45) is 0. The van der Waals surface area contributed by atoms with Crippen LogP contribution in [0.3, 0.4) is 0 Å². The number of hydrogen-bond donors (Lipinski definition) is 1. The van der Waals surface area contributed by atoms with Gasteiger partial charge in [0.15, 0.2) is 0 Å². The minimum Gasteiger partial charge on any atom is -0.314 e. The molecule has 0 radical (unpaired) electrons. The Balaban J connectivity index is 2.37. The van der Waals surface area contributed by atoms with E-state index in [2.05, 4.69) is 37.2 Å². The molecule has 1 aliphatic rings. The van der Waals surface area contributed by atoms with Crippen LogP contribution >= 0.6 is 31.9 Å². The maximum absolute atomic E-state index is 12.4. The van der Waals surface area contributed by atoms with Gasteiger partial charge in [0.25, 0.3) is 0 Å². The Hall–Kier alpha value is 0.0500. The minimum atomic E-state index is -3.38. The zero-order valence-electron chi connectivity index (χ0n) is 8.99. The Morgan fingerprint density at radius 3 is 2.41 bits per heavy atom. The number of halogens is 2. The van der Waals surface area contributed by atoms with Gasteiger partial charge in [-0.1, -0.05) is 15.9 Å². The molecule has 1 aromatic rings. The summed E-state index contributed by atoms with van der Waals surface area (Å²) >= 11 is 6.61. The largest absolute Gasteiger partial charge is 0.314 e. The molecule has 17 heavy (non-hydrogen) atoms. The Kier molecular flexibility index (Phi) is 4.25. The van der Waals surface area contributed by atoms with Crippen LogP contribution in [-0.2, 0) is 10.0 Å². The molecule has 7 heteroatoms. The summed E-state index contributed by atoms with van der Waals surface area (Å²) in [6.45, 7) is 2.44. The van der Waals surface area contributed by atoms with Crippen LogP contribution in [0.1, 0.15) is 0 Å². The Bertz CT molecular complexity index is 513. The molecule has 1 N–H and O–H groups in total. The number of rotatable bonds is 2. The summed E-state index contributed by atoms with van der Waals surface area (Å²) < 4.78 is 27.7. The van der Waals surface area contributed by atoms with Crippen LogP contribution < -0.4 is 5.32 Å². The summed E-state index contributed by atoms with van der Waals surface area (Å²) in [5, 5.41) is 3.14. The predicted octanol–water partition coefficient (Wildman–Crippen LogP) is 1.81. The molecule has 1 fully saturated rings. The molecule has 0 saturated carbocycles. The zero-order chi connectivity index (χ0) is 12.5. The van der Waals surface area contributed by atoms with Gasteiger partial charge in [-0.25, -0.2) is 8.42 Å². The van der Waals surface area contributed by atoms with Crippen molar-refractivity contribution in [2.24, 2.45) is 0 Å². The molecule has 0 aromatic heterocycles. The number of benzene rings is 1. The highest BCUT2D eigenvalue weighted by atomic mass is 79.9. The van der Waals surface area contributed by atoms with Gasteiger partial charge in [0.1, 0.15) is 0 Å². The molecule has 1 heterocycles. The fourth-order valence-corrected chi connectivity index (χ4v) is 4.86. The fourth-order valence-electron chi connectivity index (χ4n) is 1.71. The van der Waals surface area contributed by atoms with E-state index >= 15 is 0 Å². The highest BCUT2D eigenvalue weighted by Gasteiger charge is 2.27. The molecule has 0 bridgehead atoms. The first kappa shape index (κ1) is 13.5. The quantitative estimate of drug-likeness (QED) is 0.847. The summed E-state index contributed by atoms with van der Waals surface area (Å²) in [5.74, 6) is 0. The van der Waals surface area contributed by atoms with E-state index in [0.29, 0.717) is 35.5 Å². The average molecular weight is 384 g/mol. The molecule has 1 saturated heterocycles. The third-order valence-electron chi connectivity index (χ3n) is 2.59. The monoisotopic (exact) mass is 382 g/mol. The second-order valence-electron chi connectivity index (χ2n) is 3.73. The molecule has 0 amide bonds. The van der Waals surface area contributed by atoms with Gasteiger partial charge in [-0.3, -0.25) is 0 Å². The maximum Gasteiger partial charge on any atom is 0.244 e. The minimum absolute atomic E-state index is 0.322. The van der Waals surface area contributed by atoms with Crippen LogP contribution in [0, 0.1) is 0 Å². The molecule has 2 rings (SSSR count). The van der Waals surface area contributed by atoms with E-state index in [1.165, 1.54) is 4.31 Å². The molecule has 1 aromatic carbocycles. The third kappa shape index (κ3) is 2.90. The van der Waals surface area contributed by atoms with Crippen molar-refractivity contribution in [3.63, 3.8) is 0 Å². The zero-order valence-corrected chi connectivity index (χ0v) is 13.0. The lowest BCUT2D eigenvalue weighted by Gasteiger charge is -2.27. The van der Waals surface area contributed by atoms with Gasteiger partial charge in [0.2, 0.25) is 10.0 Å². The van der Waals surface area contributed by atoms with Gasteiger partial charge in [0.05, 0.1) is 4.90 Å². The van der Waals surface area contributed by atoms with Gasteiger partial charge in [-0.15, -0.1) is 0 Å². The smallest absolute Gasteiger partial charge is 0.244 e. The van der Waals surface area contributed by atoms with E-state index < -0.39 is 10.0 Å². The summed E-state index contributed by atoms with van der Waals surface area (Å²) in [7, 11) is -3.38. The summed E-state index contributed by atoms with van der Waals surface area (Å²) in [4.78, 5) is 0.322. The van der Waals surface area contributed by atoms with Crippen molar-refractivity contribution in [3.05, 3.63) is 27.1 Å². The molecular weight excluding hydrogens is 372 g/mol. The summed E-state index contributed by atoms with van der Waals surface area (Å²) in [6, 6.07) is 5.10. The lowest BCUT2D eigenvalue weighted by molar-refractivity contribution is 0.360. The van der Waals surface area contributed by atoms with E-state index in [4.69, 9.17) is 0 Å². The first-order valence-corrected chi connectivity index (χ1v) is 8.20. The van der Waals surface area contributed by atoms with Crippen LogP contribution in [-0.4, -0.2) is 38.9 Å². The van der Waals surface area contributed by atoms with E-state index in [1.54, 1.807) is 18.2 Å². The number of nitrogens with one attached hydrogen (secondary N) is 1. The molecule has 94 valence electrons. The third-order valence-corrected chi connectivity index (χ3v) is 5.96. The molecule has 0 atom stereocenters. The number of piperazine rings is 1. The molecule has 1 aliphatic heterocycles. The average Bonchev–Trinajstić information content (AvgIpc) is 2.29. The van der Waals surface area contributed by atoms with Crippen molar-refractivity contribution in [1.29, 1.82) is 0 Å². The second-order valence-corrected chi connectivity index (χ2v) is 7.41. The normalized spacial score (nSPS) is 18.2. The Labute approximate surface area is 118 Å². The van der Waals surface area contributed by atoms with Crippen molar-refractivity contribution in [3.8, 4) is 0 Å². The first-order valence-electron chi connectivity index (χ1n) is 5.18.